The quantitative estimate of drug-likeness (QED) is 0.120. The molecule has 3 aromatic rings. The number of nitrogens with one attached hydrogen (secondary N) is 3. The van der Waals surface area contributed by atoms with E-state index in [1.54, 1.807) is 32.9 Å². The van der Waals surface area contributed by atoms with Crippen LogP contribution in [0.1, 0.15) is 73.2 Å². The van der Waals surface area contributed by atoms with Gasteiger partial charge in [0.05, 0.1) is 32.9 Å². The standard InChI is InChI=1S/C30H33N5O8/c1-5-6-7-8-19-9-11-20(12-10-19)27(36)32-25-14-13-22(17-26(25)33-29(38)43-30(2,3)4)31-28(37)21-15-23(34(39)40)18-24(16-21)35(41)42/h9-18H,5-8H2,1-4H3,(H,31,37)(H,32,36)(H,33,38). The minimum atomic E-state index is -0.870. The maximum Gasteiger partial charge on any atom is 0.412 e. The molecule has 3 N–H and O–H groups in total. The zero-order valence-corrected chi connectivity index (χ0v) is 24.3. The van der Waals surface area contributed by atoms with E-state index in [2.05, 4.69) is 22.9 Å². The highest BCUT2D eigenvalue weighted by atomic mass is 16.6. The molecule has 0 aliphatic rings. The number of nitro benzene ring substituents is 2. The molecule has 226 valence electrons. The van der Waals surface area contributed by atoms with Gasteiger partial charge in [-0.2, -0.15) is 0 Å². The lowest BCUT2D eigenvalue weighted by atomic mass is 10.0. The number of amides is 3. The lowest BCUT2D eigenvalue weighted by Crippen LogP contribution is -2.27. The Bertz CT molecular complexity index is 1500. The summed E-state index contributed by atoms with van der Waals surface area (Å²) in [4.78, 5) is 59.3. The number of unbranched alkanes of at least 4 members (excludes halogenated alkanes) is 2. The van der Waals surface area contributed by atoms with Crippen LogP contribution in [0, 0.1) is 20.2 Å². The number of rotatable bonds is 11. The summed E-state index contributed by atoms with van der Waals surface area (Å²) in [6.07, 6.45) is 3.38. The van der Waals surface area contributed by atoms with E-state index in [-0.39, 0.29) is 22.6 Å². The Morgan fingerprint density at radius 3 is 1.91 bits per heavy atom. The van der Waals surface area contributed by atoms with Crippen LogP contribution >= 0.6 is 0 Å². The van der Waals surface area contributed by atoms with Crippen molar-refractivity contribution >= 4 is 46.3 Å². The maximum absolute atomic E-state index is 13.0. The van der Waals surface area contributed by atoms with Gasteiger partial charge in [-0.25, -0.2) is 4.79 Å². The third kappa shape index (κ3) is 9.63. The molecule has 13 nitrogen and oxygen atoms in total. The van der Waals surface area contributed by atoms with E-state index in [0.717, 1.165) is 49.4 Å². The number of nitrogens with zero attached hydrogens (tertiary/aromatic N) is 2. The van der Waals surface area contributed by atoms with Crippen molar-refractivity contribution in [3.8, 4) is 0 Å². The Morgan fingerprint density at radius 2 is 1.35 bits per heavy atom. The summed E-state index contributed by atoms with van der Waals surface area (Å²) in [5.74, 6) is -1.31. The van der Waals surface area contributed by atoms with Crippen molar-refractivity contribution in [1.29, 1.82) is 0 Å². The SMILES string of the molecule is CCCCCc1ccc(C(=O)Nc2ccc(NC(=O)c3cc([N+](=O)[O-])cc([N+](=O)[O-])c3)cc2NC(=O)OC(C)(C)C)cc1. The van der Waals surface area contributed by atoms with Gasteiger partial charge in [-0.15, -0.1) is 0 Å². The number of carbonyl (C=O) groups is 3. The van der Waals surface area contributed by atoms with E-state index < -0.39 is 44.7 Å². The first-order chi connectivity index (χ1) is 20.3. The van der Waals surface area contributed by atoms with Crippen molar-refractivity contribution in [3.05, 3.63) is 97.6 Å². The predicted molar refractivity (Wildman–Crippen MR) is 162 cm³/mol. The molecule has 0 bridgehead atoms. The molecule has 3 rings (SSSR count). The van der Waals surface area contributed by atoms with Gasteiger partial charge < -0.3 is 15.4 Å². The molecule has 0 radical (unpaired) electrons. The Morgan fingerprint density at radius 1 is 0.744 bits per heavy atom. The Hall–Kier alpha value is -5.33. The molecule has 3 amide bonds. The first-order valence-corrected chi connectivity index (χ1v) is 13.6. The van der Waals surface area contributed by atoms with Crippen molar-refractivity contribution in [2.75, 3.05) is 16.0 Å². The van der Waals surface area contributed by atoms with Gasteiger partial charge in [0.2, 0.25) is 0 Å². The molecule has 0 aromatic heterocycles. The lowest BCUT2D eigenvalue weighted by Gasteiger charge is -2.21. The van der Waals surface area contributed by atoms with Gasteiger partial charge in [0.1, 0.15) is 5.60 Å². The summed E-state index contributed by atoms with van der Waals surface area (Å²) in [6, 6.07) is 14.0. The van der Waals surface area contributed by atoms with Crippen LogP contribution < -0.4 is 16.0 Å². The second kappa shape index (κ2) is 14.0. The van der Waals surface area contributed by atoms with Gasteiger partial charge in [0.15, 0.2) is 0 Å². The van der Waals surface area contributed by atoms with Crippen LogP contribution in [-0.2, 0) is 11.2 Å². The number of hydrogen-bond acceptors (Lipinski definition) is 8. The summed E-state index contributed by atoms with van der Waals surface area (Å²) < 4.78 is 5.32. The molecule has 3 aromatic carbocycles. The average molecular weight is 592 g/mol. The summed E-state index contributed by atoms with van der Waals surface area (Å²) in [5.41, 5.74) is -0.475. The van der Waals surface area contributed by atoms with Crippen molar-refractivity contribution in [2.24, 2.45) is 0 Å². The molecule has 13 heteroatoms. The first kappa shape index (κ1) is 32.2. The number of ether oxygens (including phenoxy) is 1. The number of anilines is 3. The van der Waals surface area contributed by atoms with Crippen molar-refractivity contribution in [3.63, 3.8) is 0 Å². The van der Waals surface area contributed by atoms with E-state index in [4.69, 9.17) is 4.74 Å². The minimum Gasteiger partial charge on any atom is -0.444 e. The Kier molecular flexibility index (Phi) is 10.5. The first-order valence-electron chi connectivity index (χ1n) is 13.6. The highest BCUT2D eigenvalue weighted by Crippen LogP contribution is 2.29. The monoisotopic (exact) mass is 591 g/mol. The van der Waals surface area contributed by atoms with Crippen LogP contribution in [-0.4, -0.2) is 33.4 Å². The van der Waals surface area contributed by atoms with Crippen LogP contribution in [0.25, 0.3) is 0 Å². The number of nitro groups is 2. The molecule has 0 unspecified atom stereocenters. The molecule has 43 heavy (non-hydrogen) atoms. The van der Waals surface area contributed by atoms with E-state index in [0.29, 0.717) is 5.56 Å². The third-order valence-corrected chi connectivity index (χ3v) is 6.03. The summed E-state index contributed by atoms with van der Waals surface area (Å²) >= 11 is 0. The van der Waals surface area contributed by atoms with Crippen LogP contribution in [0.3, 0.4) is 0 Å². The zero-order chi connectivity index (χ0) is 31.7. The van der Waals surface area contributed by atoms with Gasteiger partial charge >= 0.3 is 6.09 Å². The Labute approximate surface area is 247 Å². The van der Waals surface area contributed by atoms with E-state index >= 15 is 0 Å². The highest BCUT2D eigenvalue weighted by Gasteiger charge is 2.22. The van der Waals surface area contributed by atoms with Crippen LogP contribution in [0.2, 0.25) is 0 Å². The number of hydrogen-bond donors (Lipinski definition) is 3. The normalized spacial score (nSPS) is 10.9. The molecular weight excluding hydrogens is 558 g/mol. The molecule has 0 heterocycles. The second-order valence-electron chi connectivity index (χ2n) is 10.7. The van der Waals surface area contributed by atoms with E-state index in [9.17, 15) is 34.6 Å². The lowest BCUT2D eigenvalue weighted by molar-refractivity contribution is -0.394. The zero-order valence-electron chi connectivity index (χ0n) is 24.3. The van der Waals surface area contributed by atoms with Gasteiger partial charge in [-0.05, 0) is 69.5 Å². The number of non-ortho nitro benzene ring substituents is 2. The molecule has 0 spiro atoms. The van der Waals surface area contributed by atoms with Gasteiger partial charge in [-0.3, -0.25) is 35.1 Å². The molecule has 0 fully saturated rings. The van der Waals surface area contributed by atoms with Crippen LogP contribution in [0.15, 0.2) is 60.7 Å². The van der Waals surface area contributed by atoms with Crippen molar-refractivity contribution in [2.45, 2.75) is 59.0 Å². The number of aryl methyl sites for hydroxylation is 1. The largest absolute Gasteiger partial charge is 0.444 e. The highest BCUT2D eigenvalue weighted by molar-refractivity contribution is 6.08. The number of benzene rings is 3. The minimum absolute atomic E-state index is 0.0848. The molecular formula is C30H33N5O8. The third-order valence-electron chi connectivity index (χ3n) is 6.03. The van der Waals surface area contributed by atoms with E-state index in [1.165, 1.54) is 18.2 Å². The molecule has 0 saturated carbocycles. The van der Waals surface area contributed by atoms with E-state index in [1.807, 2.05) is 12.1 Å². The second-order valence-corrected chi connectivity index (χ2v) is 10.7. The van der Waals surface area contributed by atoms with Gasteiger partial charge in [0.25, 0.3) is 23.2 Å². The number of carbonyl (C=O) groups excluding carboxylic acids is 3. The molecule has 0 saturated heterocycles. The van der Waals surface area contributed by atoms with Crippen molar-refractivity contribution in [1.82, 2.24) is 0 Å². The smallest absolute Gasteiger partial charge is 0.412 e. The fraction of sp³-hybridized carbons (Fsp3) is 0.300. The fourth-order valence-corrected chi connectivity index (χ4v) is 3.98. The van der Waals surface area contributed by atoms with Crippen LogP contribution in [0.5, 0.6) is 0 Å². The van der Waals surface area contributed by atoms with Gasteiger partial charge in [-0.1, -0.05) is 31.9 Å². The maximum atomic E-state index is 13.0. The fourth-order valence-electron chi connectivity index (χ4n) is 3.98. The van der Waals surface area contributed by atoms with Crippen LogP contribution in [0.4, 0.5) is 33.2 Å². The summed E-state index contributed by atoms with van der Waals surface area (Å²) in [7, 11) is 0. The van der Waals surface area contributed by atoms with Crippen molar-refractivity contribution < 1.29 is 29.0 Å². The summed E-state index contributed by atoms with van der Waals surface area (Å²) in [5, 5.41) is 30.2. The molecule has 0 aliphatic carbocycles. The average Bonchev–Trinajstić information content (AvgIpc) is 2.93. The van der Waals surface area contributed by atoms with Gasteiger partial charge in [0, 0.05) is 23.4 Å². The molecule has 0 atom stereocenters. The Balaban J connectivity index is 1.87. The summed E-state index contributed by atoms with van der Waals surface area (Å²) in [6.45, 7) is 7.16. The molecule has 0 aliphatic heterocycles. The predicted octanol–water partition coefficient (Wildman–Crippen LogP) is 7.09. The topological polar surface area (TPSA) is 183 Å².